The summed E-state index contributed by atoms with van der Waals surface area (Å²) in [5.41, 5.74) is 0. The third kappa shape index (κ3) is 47.4. The first kappa shape index (κ1) is 59.1. The van der Waals surface area contributed by atoms with Gasteiger partial charge in [-0.25, -0.2) is 0 Å². The molecule has 0 aromatic carbocycles. The molecule has 0 fully saturated rings. The molecule has 1 amide bonds. The van der Waals surface area contributed by atoms with Gasteiger partial charge in [0.25, 0.3) is 0 Å². The Bertz CT molecular complexity index is 993. The van der Waals surface area contributed by atoms with E-state index in [0.29, 0.717) is 25.9 Å². The monoisotopic (exact) mass is 858 g/mol. The van der Waals surface area contributed by atoms with E-state index in [9.17, 15) is 19.8 Å². The highest BCUT2D eigenvalue weighted by atomic mass is 16.5. The second-order valence-corrected chi connectivity index (χ2v) is 18.2. The van der Waals surface area contributed by atoms with Crippen LogP contribution in [0.25, 0.3) is 0 Å². The number of unbranched alkanes of at least 4 members (excludes halogenated alkanes) is 32. The predicted molar refractivity (Wildman–Crippen MR) is 264 cm³/mol. The van der Waals surface area contributed by atoms with Gasteiger partial charge in [0.05, 0.1) is 25.4 Å². The lowest BCUT2D eigenvalue weighted by Gasteiger charge is -2.22. The molecule has 0 aliphatic rings. The molecule has 0 aliphatic heterocycles. The molecule has 0 aromatic heterocycles. The van der Waals surface area contributed by atoms with Crippen LogP contribution in [0.5, 0.6) is 0 Å². The standard InChI is InChI=1S/C55H103NO5/c1-3-5-7-9-11-13-15-17-19-21-23-25-27-31-35-39-43-47-53(58)52(51-57)56-54(59)48-44-40-36-32-29-30-34-38-42-46-50-61-55(60)49-45-41-37-33-28-26-24-22-20-18-16-14-12-10-8-6-4-2/h12,14,18,20,30,34,52-53,57-58H,3-11,13,15-17,19,21-29,31-33,35-51H2,1-2H3,(H,56,59)/b14-12-,20-18-,34-30-. The zero-order valence-electron chi connectivity index (χ0n) is 40.6. The number of carbonyl (C=O) groups excluding carboxylic acids is 2. The first-order valence-electron chi connectivity index (χ1n) is 26.7. The summed E-state index contributed by atoms with van der Waals surface area (Å²) in [4.78, 5) is 24.5. The van der Waals surface area contributed by atoms with Crippen LogP contribution in [0.2, 0.25) is 0 Å². The Hall–Kier alpha value is -1.92. The van der Waals surface area contributed by atoms with Crippen LogP contribution in [0, 0.1) is 0 Å². The Labute approximate surface area is 379 Å². The Kier molecular flexibility index (Phi) is 49.1. The van der Waals surface area contributed by atoms with Gasteiger partial charge in [0.1, 0.15) is 0 Å². The van der Waals surface area contributed by atoms with Crippen molar-refractivity contribution in [2.45, 2.75) is 289 Å². The topological polar surface area (TPSA) is 95.9 Å². The van der Waals surface area contributed by atoms with E-state index in [1.165, 1.54) is 161 Å². The number of hydrogen-bond acceptors (Lipinski definition) is 5. The van der Waals surface area contributed by atoms with Crippen LogP contribution in [-0.2, 0) is 14.3 Å². The number of allylic oxidation sites excluding steroid dienone is 6. The zero-order chi connectivity index (χ0) is 44.4. The van der Waals surface area contributed by atoms with E-state index in [1.807, 2.05) is 0 Å². The molecule has 0 bridgehead atoms. The molecule has 0 aliphatic carbocycles. The molecular weight excluding hydrogens is 755 g/mol. The summed E-state index contributed by atoms with van der Waals surface area (Å²) in [6.45, 7) is 4.84. The molecule has 0 aromatic rings. The van der Waals surface area contributed by atoms with Gasteiger partial charge in [-0.3, -0.25) is 9.59 Å². The lowest BCUT2D eigenvalue weighted by atomic mass is 10.0. The van der Waals surface area contributed by atoms with Crippen molar-refractivity contribution in [3.63, 3.8) is 0 Å². The fourth-order valence-corrected chi connectivity index (χ4v) is 8.02. The second-order valence-electron chi connectivity index (χ2n) is 18.2. The molecule has 2 atom stereocenters. The Morgan fingerprint density at radius 2 is 0.820 bits per heavy atom. The van der Waals surface area contributed by atoms with Crippen LogP contribution in [0.4, 0.5) is 0 Å². The van der Waals surface area contributed by atoms with Crippen LogP contribution in [0.15, 0.2) is 36.5 Å². The molecular formula is C55H103NO5. The Morgan fingerprint density at radius 1 is 0.459 bits per heavy atom. The maximum Gasteiger partial charge on any atom is 0.305 e. The molecule has 6 nitrogen and oxygen atoms in total. The lowest BCUT2D eigenvalue weighted by Crippen LogP contribution is -2.45. The van der Waals surface area contributed by atoms with Gasteiger partial charge in [0, 0.05) is 12.8 Å². The third-order valence-corrected chi connectivity index (χ3v) is 12.2. The van der Waals surface area contributed by atoms with E-state index in [2.05, 4.69) is 55.6 Å². The number of nitrogens with one attached hydrogen (secondary N) is 1. The average molecular weight is 858 g/mol. The molecule has 0 saturated heterocycles. The van der Waals surface area contributed by atoms with E-state index < -0.39 is 12.1 Å². The van der Waals surface area contributed by atoms with Gasteiger partial charge in [-0.15, -0.1) is 0 Å². The Balaban J connectivity index is 3.53. The number of ether oxygens (including phenoxy) is 1. The van der Waals surface area contributed by atoms with Crippen LogP contribution in [0.3, 0.4) is 0 Å². The predicted octanol–water partition coefficient (Wildman–Crippen LogP) is 16.1. The quantitative estimate of drug-likeness (QED) is 0.0322. The summed E-state index contributed by atoms with van der Waals surface area (Å²) in [6.07, 6.45) is 61.2. The van der Waals surface area contributed by atoms with Crippen molar-refractivity contribution in [3.05, 3.63) is 36.5 Å². The number of carbonyl (C=O) groups is 2. The third-order valence-electron chi connectivity index (χ3n) is 12.2. The number of amides is 1. The van der Waals surface area contributed by atoms with Gasteiger partial charge in [-0.2, -0.15) is 0 Å². The molecule has 0 spiro atoms. The van der Waals surface area contributed by atoms with Gasteiger partial charge in [0.2, 0.25) is 5.91 Å². The van der Waals surface area contributed by atoms with Gasteiger partial charge in [-0.05, 0) is 83.5 Å². The van der Waals surface area contributed by atoms with Crippen molar-refractivity contribution in [3.8, 4) is 0 Å². The van der Waals surface area contributed by atoms with E-state index in [0.717, 1.165) is 83.5 Å². The molecule has 0 heterocycles. The first-order chi connectivity index (χ1) is 30.0. The average Bonchev–Trinajstić information content (AvgIpc) is 3.26. The lowest BCUT2D eigenvalue weighted by molar-refractivity contribution is -0.143. The van der Waals surface area contributed by atoms with Crippen molar-refractivity contribution in [2.24, 2.45) is 0 Å². The fraction of sp³-hybridized carbons (Fsp3) is 0.855. The minimum absolute atomic E-state index is 0.0442. The highest BCUT2D eigenvalue weighted by Crippen LogP contribution is 2.16. The van der Waals surface area contributed by atoms with Crippen molar-refractivity contribution >= 4 is 11.9 Å². The summed E-state index contributed by atoms with van der Waals surface area (Å²) in [5, 5.41) is 23.2. The van der Waals surface area contributed by atoms with E-state index in [4.69, 9.17) is 4.74 Å². The van der Waals surface area contributed by atoms with Crippen molar-refractivity contribution in [2.75, 3.05) is 13.2 Å². The fourth-order valence-electron chi connectivity index (χ4n) is 8.02. The minimum Gasteiger partial charge on any atom is -0.466 e. The molecule has 358 valence electrons. The normalized spacial score (nSPS) is 12.9. The number of hydrogen-bond donors (Lipinski definition) is 3. The molecule has 0 saturated carbocycles. The van der Waals surface area contributed by atoms with Gasteiger partial charge >= 0.3 is 5.97 Å². The molecule has 2 unspecified atom stereocenters. The highest BCUT2D eigenvalue weighted by Gasteiger charge is 2.20. The van der Waals surface area contributed by atoms with Crippen LogP contribution < -0.4 is 5.32 Å². The highest BCUT2D eigenvalue weighted by molar-refractivity contribution is 5.76. The second kappa shape index (κ2) is 50.7. The number of aliphatic hydroxyl groups excluding tert-OH is 2. The maximum absolute atomic E-state index is 12.5. The smallest absolute Gasteiger partial charge is 0.305 e. The number of esters is 1. The summed E-state index contributed by atoms with van der Waals surface area (Å²) < 4.78 is 5.44. The zero-order valence-corrected chi connectivity index (χ0v) is 40.6. The summed E-state index contributed by atoms with van der Waals surface area (Å²) >= 11 is 0. The Morgan fingerprint density at radius 3 is 1.30 bits per heavy atom. The SMILES string of the molecule is CCCCC/C=C\C/C=C\CCCCCCCCCC(=O)OCCCC/C=C\CCCCCCC(=O)NC(CO)C(O)CCCCCCCCCCCCCCCCCCC. The molecule has 3 N–H and O–H groups in total. The van der Waals surface area contributed by atoms with Crippen molar-refractivity contribution < 1.29 is 24.5 Å². The van der Waals surface area contributed by atoms with Gasteiger partial charge < -0.3 is 20.3 Å². The van der Waals surface area contributed by atoms with Crippen LogP contribution in [0.1, 0.15) is 277 Å². The van der Waals surface area contributed by atoms with Crippen molar-refractivity contribution in [1.29, 1.82) is 0 Å². The molecule has 0 radical (unpaired) electrons. The minimum atomic E-state index is -0.687. The van der Waals surface area contributed by atoms with E-state index in [-0.39, 0.29) is 18.5 Å². The number of aliphatic hydroxyl groups is 2. The molecule has 61 heavy (non-hydrogen) atoms. The van der Waals surface area contributed by atoms with Crippen molar-refractivity contribution in [1.82, 2.24) is 5.32 Å². The van der Waals surface area contributed by atoms with Crippen LogP contribution in [-0.4, -0.2) is 47.4 Å². The van der Waals surface area contributed by atoms with Crippen LogP contribution >= 0.6 is 0 Å². The largest absolute Gasteiger partial charge is 0.466 e. The van der Waals surface area contributed by atoms with Gasteiger partial charge in [-0.1, -0.05) is 217 Å². The molecule has 6 heteroatoms. The van der Waals surface area contributed by atoms with E-state index >= 15 is 0 Å². The first-order valence-corrected chi connectivity index (χ1v) is 26.7. The van der Waals surface area contributed by atoms with E-state index in [1.54, 1.807) is 0 Å². The number of rotatable bonds is 49. The molecule has 0 rings (SSSR count). The summed E-state index contributed by atoms with van der Waals surface area (Å²) in [6, 6.07) is -0.568. The summed E-state index contributed by atoms with van der Waals surface area (Å²) in [7, 11) is 0. The maximum atomic E-state index is 12.5. The van der Waals surface area contributed by atoms with Gasteiger partial charge in [0.15, 0.2) is 0 Å². The summed E-state index contributed by atoms with van der Waals surface area (Å²) in [5.74, 6) is -0.115.